The Hall–Kier alpha value is -3.32. The number of benzene rings is 2. The van der Waals surface area contributed by atoms with Crippen molar-refractivity contribution in [3.8, 4) is 17.2 Å². The summed E-state index contributed by atoms with van der Waals surface area (Å²) in [5.74, 6) is 2.48. The summed E-state index contributed by atoms with van der Waals surface area (Å²) in [5, 5.41) is 3.79. The molecule has 0 saturated heterocycles. The molecule has 0 spiro atoms. The lowest BCUT2D eigenvalue weighted by Gasteiger charge is -2.33. The van der Waals surface area contributed by atoms with Gasteiger partial charge in [0.15, 0.2) is 11.5 Å². The second-order valence-electron chi connectivity index (χ2n) is 10.0. The molecule has 1 N–H and O–H groups in total. The van der Waals surface area contributed by atoms with Crippen LogP contribution in [0, 0.1) is 11.3 Å². The predicted octanol–water partition coefficient (Wildman–Crippen LogP) is 6.93. The molecular formula is C29H34N2O4S. The highest BCUT2D eigenvalue weighted by molar-refractivity contribution is 7.16. The van der Waals surface area contributed by atoms with Crippen LogP contribution in [0.3, 0.4) is 0 Å². The summed E-state index contributed by atoms with van der Waals surface area (Å²) in [6.45, 7) is 6.89. The predicted molar refractivity (Wildman–Crippen MR) is 147 cm³/mol. The van der Waals surface area contributed by atoms with Crippen LogP contribution in [0.1, 0.15) is 53.6 Å². The molecule has 6 nitrogen and oxygen atoms in total. The molecular weight excluding hydrogens is 472 g/mol. The van der Waals surface area contributed by atoms with E-state index in [4.69, 9.17) is 19.2 Å². The second-order valence-corrected chi connectivity index (χ2v) is 11.1. The molecule has 0 saturated carbocycles. The van der Waals surface area contributed by atoms with E-state index in [9.17, 15) is 4.79 Å². The molecule has 0 bridgehead atoms. The van der Waals surface area contributed by atoms with Crippen LogP contribution in [0.2, 0.25) is 0 Å². The van der Waals surface area contributed by atoms with E-state index in [0.717, 1.165) is 46.8 Å². The Morgan fingerprint density at radius 1 is 1.03 bits per heavy atom. The molecule has 0 radical (unpaired) electrons. The monoisotopic (exact) mass is 506 g/mol. The van der Waals surface area contributed by atoms with Crippen LogP contribution >= 0.6 is 11.3 Å². The average Bonchev–Trinajstić information content (AvgIpc) is 3.25. The van der Waals surface area contributed by atoms with Crippen LogP contribution in [-0.2, 0) is 12.8 Å². The van der Waals surface area contributed by atoms with Gasteiger partial charge >= 0.3 is 0 Å². The number of thiophene rings is 1. The third-order valence-corrected chi connectivity index (χ3v) is 7.95. The van der Waals surface area contributed by atoms with E-state index >= 15 is 0 Å². The van der Waals surface area contributed by atoms with Gasteiger partial charge in [0, 0.05) is 16.8 Å². The molecule has 3 aromatic rings. The first kappa shape index (κ1) is 25.8. The van der Waals surface area contributed by atoms with Crippen molar-refractivity contribution in [2.24, 2.45) is 16.3 Å². The minimum absolute atomic E-state index is 0.133. The number of hydrogen-bond acceptors (Lipinski definition) is 6. The van der Waals surface area contributed by atoms with Crippen molar-refractivity contribution < 1.29 is 19.0 Å². The number of nitrogens with zero attached hydrogens (tertiary/aromatic N) is 1. The van der Waals surface area contributed by atoms with Crippen LogP contribution in [0.4, 0.5) is 10.7 Å². The van der Waals surface area contributed by atoms with E-state index in [1.165, 1.54) is 4.88 Å². The number of amides is 1. The SMILES string of the molecule is COc1ccc(NC(=O)c2c(/N=C/c3ccc(OC)c(OC)c3)sc3c2CCC(C(C)(C)C)C3)cc1. The molecule has 1 heterocycles. The Bertz CT molecular complexity index is 1260. The van der Waals surface area contributed by atoms with Crippen molar-refractivity contribution in [2.45, 2.75) is 40.0 Å². The second kappa shape index (κ2) is 10.7. The normalized spacial score (nSPS) is 15.4. The standard InChI is InChI=1S/C29H34N2O4S/c1-29(2,3)19-8-13-22-25(16-19)36-28(30-17-18-7-14-23(34-5)24(15-18)35-6)26(22)27(32)31-20-9-11-21(33-4)12-10-20/h7,9-12,14-15,17,19H,8,13,16H2,1-6H3,(H,31,32)/b30-17+. The van der Waals surface area contributed by atoms with Crippen LogP contribution in [-0.4, -0.2) is 33.5 Å². The Kier molecular flexibility index (Phi) is 7.69. The number of anilines is 1. The minimum Gasteiger partial charge on any atom is -0.497 e. The summed E-state index contributed by atoms with van der Waals surface area (Å²) >= 11 is 1.63. The van der Waals surface area contributed by atoms with Crippen molar-refractivity contribution in [1.82, 2.24) is 0 Å². The molecule has 1 aliphatic rings. The fourth-order valence-corrected chi connectivity index (χ4v) is 5.84. The van der Waals surface area contributed by atoms with Gasteiger partial charge in [0.1, 0.15) is 10.8 Å². The van der Waals surface area contributed by atoms with Crippen LogP contribution in [0.5, 0.6) is 17.2 Å². The largest absolute Gasteiger partial charge is 0.497 e. The van der Waals surface area contributed by atoms with Crippen molar-refractivity contribution >= 4 is 34.1 Å². The number of rotatable bonds is 7. The molecule has 4 rings (SSSR count). The lowest BCUT2D eigenvalue weighted by Crippen LogP contribution is -2.27. The van der Waals surface area contributed by atoms with Crippen molar-refractivity contribution in [3.63, 3.8) is 0 Å². The highest BCUT2D eigenvalue weighted by Crippen LogP contribution is 2.45. The van der Waals surface area contributed by atoms with E-state index in [1.807, 2.05) is 42.5 Å². The molecule has 1 aromatic heterocycles. The van der Waals surface area contributed by atoms with Gasteiger partial charge in [-0.2, -0.15) is 0 Å². The lowest BCUT2D eigenvalue weighted by molar-refractivity contribution is 0.102. The maximum absolute atomic E-state index is 13.6. The number of fused-ring (bicyclic) bond motifs is 1. The summed E-state index contributed by atoms with van der Waals surface area (Å²) in [6, 6.07) is 13.0. The van der Waals surface area contributed by atoms with Gasteiger partial charge in [-0.3, -0.25) is 4.79 Å². The third-order valence-electron chi connectivity index (χ3n) is 6.78. The van der Waals surface area contributed by atoms with Gasteiger partial charge in [0.2, 0.25) is 0 Å². The van der Waals surface area contributed by atoms with Gasteiger partial charge in [-0.25, -0.2) is 4.99 Å². The smallest absolute Gasteiger partial charge is 0.259 e. The van der Waals surface area contributed by atoms with E-state index in [2.05, 4.69) is 26.1 Å². The highest BCUT2D eigenvalue weighted by atomic mass is 32.1. The molecule has 7 heteroatoms. The zero-order valence-electron chi connectivity index (χ0n) is 21.8. The fourth-order valence-electron chi connectivity index (χ4n) is 4.57. The highest BCUT2D eigenvalue weighted by Gasteiger charge is 2.33. The Labute approximate surface area is 217 Å². The zero-order chi connectivity index (χ0) is 25.9. The van der Waals surface area contributed by atoms with Crippen LogP contribution in [0.15, 0.2) is 47.5 Å². The van der Waals surface area contributed by atoms with Crippen LogP contribution < -0.4 is 19.5 Å². The number of carbonyl (C=O) groups is 1. The van der Waals surface area contributed by atoms with Gasteiger partial charge in [0.25, 0.3) is 5.91 Å². The molecule has 1 atom stereocenters. The Morgan fingerprint density at radius 3 is 2.39 bits per heavy atom. The molecule has 190 valence electrons. The molecule has 1 amide bonds. The van der Waals surface area contributed by atoms with E-state index in [1.54, 1.807) is 38.9 Å². The summed E-state index contributed by atoms with van der Waals surface area (Å²) in [4.78, 5) is 19.6. The average molecular weight is 507 g/mol. The summed E-state index contributed by atoms with van der Waals surface area (Å²) in [5.41, 5.74) is 3.61. The summed E-state index contributed by atoms with van der Waals surface area (Å²) in [6.07, 6.45) is 4.70. The molecule has 1 aliphatic carbocycles. The Morgan fingerprint density at radius 2 is 1.75 bits per heavy atom. The maximum atomic E-state index is 13.6. The number of carbonyl (C=O) groups excluding carboxylic acids is 1. The lowest BCUT2D eigenvalue weighted by atomic mass is 9.72. The van der Waals surface area contributed by atoms with Gasteiger partial charge < -0.3 is 19.5 Å². The van der Waals surface area contributed by atoms with E-state index < -0.39 is 0 Å². The number of nitrogens with one attached hydrogen (secondary N) is 1. The first-order valence-electron chi connectivity index (χ1n) is 12.1. The summed E-state index contributed by atoms with van der Waals surface area (Å²) < 4.78 is 16.0. The zero-order valence-corrected chi connectivity index (χ0v) is 22.6. The van der Waals surface area contributed by atoms with Crippen molar-refractivity contribution in [1.29, 1.82) is 0 Å². The Balaban J connectivity index is 1.69. The van der Waals surface area contributed by atoms with E-state index in [0.29, 0.717) is 23.0 Å². The van der Waals surface area contributed by atoms with Gasteiger partial charge in [-0.1, -0.05) is 20.8 Å². The fraction of sp³-hybridized carbons (Fsp3) is 0.379. The number of hydrogen-bond donors (Lipinski definition) is 1. The first-order valence-corrected chi connectivity index (χ1v) is 12.9. The number of aliphatic imine (C=N–C) groups is 1. The molecule has 0 aliphatic heterocycles. The minimum atomic E-state index is -0.133. The molecule has 2 aromatic carbocycles. The number of ether oxygens (including phenoxy) is 3. The number of methoxy groups -OCH3 is 3. The van der Waals surface area contributed by atoms with Crippen molar-refractivity contribution in [2.75, 3.05) is 26.6 Å². The maximum Gasteiger partial charge on any atom is 0.259 e. The van der Waals surface area contributed by atoms with Gasteiger partial charge in [-0.05, 0) is 84.2 Å². The topological polar surface area (TPSA) is 69.2 Å². The first-order chi connectivity index (χ1) is 17.2. The van der Waals surface area contributed by atoms with E-state index in [-0.39, 0.29) is 11.3 Å². The van der Waals surface area contributed by atoms with Crippen LogP contribution in [0.25, 0.3) is 0 Å². The van der Waals surface area contributed by atoms with Gasteiger partial charge in [0.05, 0.1) is 26.9 Å². The summed E-state index contributed by atoms with van der Waals surface area (Å²) in [7, 11) is 4.85. The molecule has 1 unspecified atom stereocenters. The van der Waals surface area contributed by atoms with Crippen molar-refractivity contribution in [3.05, 3.63) is 64.0 Å². The molecule has 36 heavy (non-hydrogen) atoms. The van der Waals surface area contributed by atoms with Gasteiger partial charge in [-0.15, -0.1) is 11.3 Å². The molecule has 0 fully saturated rings. The quantitative estimate of drug-likeness (QED) is 0.353. The third kappa shape index (κ3) is 5.57.